The third-order valence-corrected chi connectivity index (χ3v) is 5.01. The summed E-state index contributed by atoms with van der Waals surface area (Å²) in [4.78, 5) is 25.7. The molecule has 6 nitrogen and oxygen atoms in total. The Morgan fingerprint density at radius 1 is 1.31 bits per heavy atom. The van der Waals surface area contributed by atoms with Gasteiger partial charge in [-0.2, -0.15) is 0 Å². The Morgan fingerprint density at radius 2 is 2.12 bits per heavy atom. The van der Waals surface area contributed by atoms with Gasteiger partial charge in [0.05, 0.1) is 4.92 Å². The van der Waals surface area contributed by atoms with Crippen molar-refractivity contribution in [1.82, 2.24) is 0 Å². The normalized spacial score (nSPS) is 17.0. The smallest absolute Gasteiger partial charge is 0.293 e. The quantitative estimate of drug-likeness (QED) is 0.569. The van der Waals surface area contributed by atoms with Crippen LogP contribution in [0, 0.1) is 16.0 Å². The lowest BCUT2D eigenvalue weighted by molar-refractivity contribution is -0.384. The summed E-state index contributed by atoms with van der Waals surface area (Å²) in [6.07, 6.45) is 2.15. The van der Waals surface area contributed by atoms with Crippen LogP contribution < -0.4 is 10.2 Å². The molecular weight excluding hydrogens is 398 g/mol. The number of rotatable bonds is 4. The number of nitro benzene ring substituents is 1. The topological polar surface area (TPSA) is 75.5 Å². The molecule has 3 rings (SSSR count). The van der Waals surface area contributed by atoms with E-state index in [1.165, 1.54) is 6.07 Å². The van der Waals surface area contributed by atoms with Gasteiger partial charge in [-0.05, 0) is 49.1 Å². The number of carbonyl (C=O) groups is 1. The number of carbonyl (C=O) groups excluding carboxylic acids is 1. The van der Waals surface area contributed by atoms with Crippen molar-refractivity contribution in [3.8, 4) is 0 Å². The van der Waals surface area contributed by atoms with Crippen LogP contribution in [-0.4, -0.2) is 23.9 Å². The second kappa shape index (κ2) is 7.86. The van der Waals surface area contributed by atoms with Crippen molar-refractivity contribution in [2.75, 3.05) is 23.3 Å². The molecule has 1 saturated heterocycles. The lowest BCUT2D eigenvalue weighted by atomic mass is 9.99. The van der Waals surface area contributed by atoms with E-state index in [1.807, 2.05) is 17.0 Å². The van der Waals surface area contributed by atoms with Crippen LogP contribution in [0.3, 0.4) is 0 Å². The van der Waals surface area contributed by atoms with E-state index in [1.54, 1.807) is 24.3 Å². The second-order valence-electron chi connectivity index (χ2n) is 6.62. The van der Waals surface area contributed by atoms with Crippen molar-refractivity contribution in [3.63, 3.8) is 0 Å². The largest absolute Gasteiger partial charge is 0.366 e. The summed E-state index contributed by atoms with van der Waals surface area (Å²) in [7, 11) is 0. The van der Waals surface area contributed by atoms with Crippen LogP contribution >= 0.6 is 15.9 Å². The molecule has 1 amide bonds. The van der Waals surface area contributed by atoms with E-state index >= 15 is 0 Å². The number of hydrogen-bond acceptors (Lipinski definition) is 4. The van der Waals surface area contributed by atoms with Gasteiger partial charge in [-0.1, -0.05) is 28.9 Å². The highest BCUT2D eigenvalue weighted by Crippen LogP contribution is 2.32. The minimum absolute atomic E-state index is 0.0269. The number of hydrogen-bond donors (Lipinski definition) is 1. The van der Waals surface area contributed by atoms with Gasteiger partial charge in [0.15, 0.2) is 0 Å². The number of amides is 1. The van der Waals surface area contributed by atoms with Gasteiger partial charge in [-0.25, -0.2) is 0 Å². The Kier molecular flexibility index (Phi) is 5.56. The average Bonchev–Trinajstić information content (AvgIpc) is 2.61. The summed E-state index contributed by atoms with van der Waals surface area (Å²) in [5.74, 6) is 0.132. The van der Waals surface area contributed by atoms with Crippen molar-refractivity contribution in [2.24, 2.45) is 5.92 Å². The van der Waals surface area contributed by atoms with Crippen LogP contribution in [-0.2, 0) is 0 Å². The summed E-state index contributed by atoms with van der Waals surface area (Å²) < 4.78 is 0.843. The number of nitro groups is 1. The first kappa shape index (κ1) is 18.4. The lowest BCUT2D eigenvalue weighted by Crippen LogP contribution is -2.34. The van der Waals surface area contributed by atoms with Crippen molar-refractivity contribution in [2.45, 2.75) is 19.8 Å². The van der Waals surface area contributed by atoms with Crippen LogP contribution in [0.15, 0.2) is 46.9 Å². The Bertz CT molecular complexity index is 841. The van der Waals surface area contributed by atoms with Crippen LogP contribution in [0.4, 0.5) is 17.1 Å². The van der Waals surface area contributed by atoms with Crippen LogP contribution in [0.1, 0.15) is 30.1 Å². The number of nitrogens with one attached hydrogen (secondary N) is 1. The minimum atomic E-state index is -0.412. The molecule has 136 valence electrons. The van der Waals surface area contributed by atoms with Crippen molar-refractivity contribution < 1.29 is 9.72 Å². The van der Waals surface area contributed by atoms with E-state index in [4.69, 9.17) is 0 Å². The van der Waals surface area contributed by atoms with Crippen LogP contribution in [0.2, 0.25) is 0 Å². The molecule has 0 unspecified atom stereocenters. The Morgan fingerprint density at radius 3 is 2.81 bits per heavy atom. The molecule has 0 saturated carbocycles. The Hall–Kier alpha value is -2.41. The SMILES string of the molecule is C[C@H]1CCCN(c2ccc(C(=O)Nc3cccc(Br)c3)cc2[N+](=O)[O-])C1. The van der Waals surface area contributed by atoms with Gasteiger partial charge < -0.3 is 10.2 Å². The molecule has 1 heterocycles. The standard InChI is InChI=1S/C19H20BrN3O3/c1-13-4-3-9-22(12-13)17-8-7-14(10-18(17)23(25)26)19(24)21-16-6-2-5-15(20)11-16/h2,5-8,10-11,13H,3-4,9,12H2,1H3,(H,21,24)/t13-/m0/s1. The molecule has 0 aromatic heterocycles. The molecule has 26 heavy (non-hydrogen) atoms. The molecule has 1 aliphatic heterocycles. The zero-order valence-corrected chi connectivity index (χ0v) is 16.0. The number of halogens is 1. The molecule has 0 bridgehead atoms. The van der Waals surface area contributed by atoms with Gasteiger partial charge in [0.25, 0.3) is 11.6 Å². The summed E-state index contributed by atoms with van der Waals surface area (Å²) in [6.45, 7) is 3.75. The maximum Gasteiger partial charge on any atom is 0.293 e. The van der Waals surface area contributed by atoms with Gasteiger partial charge in [-0.3, -0.25) is 14.9 Å². The molecule has 0 spiro atoms. The summed E-state index contributed by atoms with van der Waals surface area (Å²) >= 11 is 3.35. The van der Waals surface area contributed by atoms with Crippen LogP contribution in [0.25, 0.3) is 0 Å². The van der Waals surface area contributed by atoms with Gasteiger partial charge >= 0.3 is 0 Å². The summed E-state index contributed by atoms with van der Waals surface area (Å²) in [5.41, 5.74) is 1.45. The van der Waals surface area contributed by atoms with Gasteiger partial charge in [0.1, 0.15) is 5.69 Å². The molecule has 1 fully saturated rings. The molecule has 1 atom stereocenters. The van der Waals surface area contributed by atoms with E-state index in [0.29, 0.717) is 17.3 Å². The highest BCUT2D eigenvalue weighted by Gasteiger charge is 2.25. The van der Waals surface area contributed by atoms with Gasteiger partial charge in [0.2, 0.25) is 0 Å². The molecular formula is C19H20BrN3O3. The van der Waals surface area contributed by atoms with Gasteiger partial charge in [0, 0.05) is 34.9 Å². The maximum atomic E-state index is 12.5. The molecule has 2 aromatic rings. The first-order valence-electron chi connectivity index (χ1n) is 8.54. The first-order valence-corrected chi connectivity index (χ1v) is 9.33. The van der Waals surface area contributed by atoms with Crippen LogP contribution in [0.5, 0.6) is 0 Å². The molecule has 7 heteroatoms. The first-order chi connectivity index (χ1) is 12.4. The summed E-state index contributed by atoms with van der Waals surface area (Å²) in [6, 6.07) is 11.9. The monoisotopic (exact) mass is 417 g/mol. The maximum absolute atomic E-state index is 12.5. The zero-order valence-electron chi connectivity index (χ0n) is 14.4. The van der Waals surface area contributed by atoms with E-state index in [9.17, 15) is 14.9 Å². The predicted molar refractivity (Wildman–Crippen MR) is 106 cm³/mol. The fraction of sp³-hybridized carbons (Fsp3) is 0.316. The minimum Gasteiger partial charge on any atom is -0.366 e. The second-order valence-corrected chi connectivity index (χ2v) is 7.53. The highest BCUT2D eigenvalue weighted by molar-refractivity contribution is 9.10. The number of nitrogens with zero attached hydrogens (tertiary/aromatic N) is 2. The average molecular weight is 418 g/mol. The molecule has 1 aliphatic rings. The Labute approximate surface area is 160 Å². The van der Waals surface area contributed by atoms with E-state index < -0.39 is 4.92 Å². The lowest BCUT2D eigenvalue weighted by Gasteiger charge is -2.32. The number of piperidine rings is 1. The number of benzene rings is 2. The van der Waals surface area contributed by atoms with E-state index in [-0.39, 0.29) is 17.2 Å². The van der Waals surface area contributed by atoms with Gasteiger partial charge in [-0.15, -0.1) is 0 Å². The molecule has 1 N–H and O–H groups in total. The summed E-state index contributed by atoms with van der Waals surface area (Å²) in [5, 5.41) is 14.3. The third-order valence-electron chi connectivity index (χ3n) is 4.51. The highest BCUT2D eigenvalue weighted by atomic mass is 79.9. The Balaban J connectivity index is 1.86. The van der Waals surface area contributed by atoms with Crippen molar-refractivity contribution >= 4 is 38.9 Å². The molecule has 0 radical (unpaired) electrons. The van der Waals surface area contributed by atoms with E-state index in [2.05, 4.69) is 28.2 Å². The fourth-order valence-electron chi connectivity index (χ4n) is 3.26. The predicted octanol–water partition coefficient (Wildman–Crippen LogP) is 4.85. The van der Waals surface area contributed by atoms with E-state index in [0.717, 1.165) is 30.4 Å². The number of anilines is 2. The van der Waals surface area contributed by atoms with Crippen molar-refractivity contribution in [3.05, 3.63) is 62.6 Å². The van der Waals surface area contributed by atoms with Crippen molar-refractivity contribution in [1.29, 1.82) is 0 Å². The molecule has 2 aromatic carbocycles. The zero-order chi connectivity index (χ0) is 18.7. The fourth-order valence-corrected chi connectivity index (χ4v) is 3.66. The third kappa shape index (κ3) is 4.22. The molecule has 0 aliphatic carbocycles.